The van der Waals surface area contributed by atoms with Gasteiger partial charge in [0.25, 0.3) is 0 Å². The van der Waals surface area contributed by atoms with Gasteiger partial charge in [0.2, 0.25) is 0 Å². The first-order valence-electron chi connectivity index (χ1n) is 11.5. The summed E-state index contributed by atoms with van der Waals surface area (Å²) < 4.78 is 0. The quantitative estimate of drug-likeness (QED) is 0.394. The van der Waals surface area contributed by atoms with Gasteiger partial charge in [0.15, 0.2) is 0 Å². The second-order valence-corrected chi connectivity index (χ2v) is 8.50. The van der Waals surface area contributed by atoms with Gasteiger partial charge in [0, 0.05) is 5.41 Å². The predicted molar refractivity (Wildman–Crippen MR) is 122 cm³/mol. The van der Waals surface area contributed by atoms with Crippen LogP contribution < -0.4 is 37.7 Å². The van der Waals surface area contributed by atoms with Gasteiger partial charge in [-0.3, -0.25) is 0 Å². The second kappa shape index (κ2) is 13.8. The van der Waals surface area contributed by atoms with E-state index in [0.717, 1.165) is 0 Å². The van der Waals surface area contributed by atoms with Crippen LogP contribution in [0.25, 0.3) is 11.1 Å². The van der Waals surface area contributed by atoms with Crippen LogP contribution in [0.3, 0.4) is 0 Å². The molecule has 0 N–H and O–H groups in total. The molecule has 0 aliphatic heterocycles. The minimum atomic E-state index is 0. The maximum atomic E-state index is 2.42. The third kappa shape index (κ3) is 6.31. The molecule has 2 heteroatoms. The van der Waals surface area contributed by atoms with E-state index in [1.165, 1.54) is 88.2 Å². The fourth-order valence-corrected chi connectivity index (χ4v) is 5.14. The van der Waals surface area contributed by atoms with E-state index in [1.54, 1.807) is 11.1 Å². The molecule has 29 heavy (non-hydrogen) atoms. The topological polar surface area (TPSA) is 0 Å². The fourth-order valence-electron chi connectivity index (χ4n) is 5.14. The van der Waals surface area contributed by atoms with Crippen LogP contribution in [0.5, 0.6) is 0 Å². The average molecular weight is 378 g/mol. The van der Waals surface area contributed by atoms with E-state index in [1.807, 2.05) is 0 Å². The number of rotatable bonds is 12. The molecule has 2 aromatic carbocycles. The largest absolute Gasteiger partial charge is 1.00 e. The number of unbranched alkanes of at least 4 members (excludes halogenated alkanes) is 8. The zero-order valence-electron chi connectivity index (χ0n) is 21.6. The van der Waals surface area contributed by atoms with Crippen LogP contribution >= 0.6 is 0 Å². The van der Waals surface area contributed by atoms with Crippen molar-refractivity contribution in [3.63, 3.8) is 0 Å². The molecule has 2 aromatic rings. The Labute approximate surface area is 207 Å². The molecule has 0 saturated carbocycles. The third-order valence-electron chi connectivity index (χ3n) is 6.59. The van der Waals surface area contributed by atoms with Crippen LogP contribution in [-0.4, -0.2) is 0 Å². The monoisotopic (exact) mass is 378 g/mol. The van der Waals surface area contributed by atoms with E-state index in [2.05, 4.69) is 62.4 Å². The Bertz CT molecular complexity index is 656. The maximum absolute atomic E-state index is 2.42. The van der Waals surface area contributed by atoms with Crippen molar-refractivity contribution in [2.24, 2.45) is 0 Å². The van der Waals surface area contributed by atoms with Crippen molar-refractivity contribution >= 4 is 0 Å². The van der Waals surface area contributed by atoms with Crippen LogP contribution in [-0.2, 0) is 5.41 Å². The van der Waals surface area contributed by atoms with Crippen molar-refractivity contribution in [3.8, 4) is 11.1 Å². The van der Waals surface area contributed by atoms with Crippen molar-refractivity contribution in [3.05, 3.63) is 59.7 Å². The summed E-state index contributed by atoms with van der Waals surface area (Å²) in [5.74, 6) is 0. The summed E-state index contributed by atoms with van der Waals surface area (Å²) in [6.45, 7) is 4.61. The molecular formula is C27H40Li2. The smallest absolute Gasteiger partial charge is 1.00 e. The van der Waals surface area contributed by atoms with Gasteiger partial charge in [-0.05, 0) is 35.1 Å². The van der Waals surface area contributed by atoms with Gasteiger partial charge in [0.05, 0.1) is 0 Å². The third-order valence-corrected chi connectivity index (χ3v) is 6.59. The SMILES string of the molecule is CCCCCCCC1(CCCCCCC)c2ccccc2-c2ccccc21.[H-].[H-].[Li+].[Li+]. The minimum Gasteiger partial charge on any atom is -1.00 e. The normalized spacial score (nSPS) is 13.2. The Hall–Kier alpha value is -0.365. The maximum Gasteiger partial charge on any atom is 1.00 e. The number of fused-ring (bicyclic) bond motifs is 3. The van der Waals surface area contributed by atoms with E-state index in [0.29, 0.717) is 0 Å². The molecule has 0 fully saturated rings. The van der Waals surface area contributed by atoms with Crippen LogP contribution in [0.15, 0.2) is 48.5 Å². The summed E-state index contributed by atoms with van der Waals surface area (Å²) in [6.07, 6.45) is 16.3. The van der Waals surface area contributed by atoms with Gasteiger partial charge in [-0.2, -0.15) is 0 Å². The second-order valence-electron chi connectivity index (χ2n) is 8.50. The number of hydrogen-bond acceptors (Lipinski definition) is 0. The van der Waals surface area contributed by atoms with Crippen molar-refractivity contribution in [2.45, 2.75) is 96.3 Å². The van der Waals surface area contributed by atoms with Gasteiger partial charge in [0.1, 0.15) is 0 Å². The molecule has 1 aliphatic rings. The van der Waals surface area contributed by atoms with Gasteiger partial charge in [-0.1, -0.05) is 127 Å². The molecular weight excluding hydrogens is 338 g/mol. The molecule has 0 unspecified atom stereocenters. The zero-order valence-corrected chi connectivity index (χ0v) is 19.6. The first-order chi connectivity index (χ1) is 13.3. The standard InChI is InChI=1S/C27H38.2Li.2H/c1-3-5-7-9-15-21-27(22-16-10-8-6-4-2)25-19-13-11-17-23(25)24-18-12-14-20-26(24)27;;;;/h11-14,17-20H,3-10,15-16,21-22H2,1-2H3;;;;/q;2*+1;2*-1. The summed E-state index contributed by atoms with van der Waals surface area (Å²) in [5.41, 5.74) is 6.46. The van der Waals surface area contributed by atoms with Gasteiger partial charge < -0.3 is 2.85 Å². The Balaban J connectivity index is 0. The zero-order chi connectivity index (χ0) is 19.0. The summed E-state index contributed by atoms with van der Waals surface area (Å²) in [5, 5.41) is 0. The molecule has 0 nitrogen and oxygen atoms in total. The molecule has 150 valence electrons. The Morgan fingerprint density at radius 1 is 0.552 bits per heavy atom. The van der Waals surface area contributed by atoms with Crippen LogP contribution in [0, 0.1) is 0 Å². The van der Waals surface area contributed by atoms with E-state index in [-0.39, 0.29) is 46.0 Å². The van der Waals surface area contributed by atoms with Crippen LogP contribution in [0.1, 0.15) is 105 Å². The van der Waals surface area contributed by atoms with Gasteiger partial charge >= 0.3 is 37.7 Å². The van der Waals surface area contributed by atoms with Crippen molar-refractivity contribution in [1.29, 1.82) is 0 Å². The van der Waals surface area contributed by atoms with Crippen molar-refractivity contribution < 1.29 is 40.6 Å². The van der Waals surface area contributed by atoms with Gasteiger partial charge in [-0.15, -0.1) is 0 Å². The molecule has 0 spiro atoms. The molecule has 0 heterocycles. The Morgan fingerprint density at radius 3 is 1.34 bits per heavy atom. The van der Waals surface area contributed by atoms with Crippen LogP contribution in [0.2, 0.25) is 0 Å². The number of benzene rings is 2. The Morgan fingerprint density at radius 2 is 0.931 bits per heavy atom. The summed E-state index contributed by atoms with van der Waals surface area (Å²) in [6, 6.07) is 18.5. The average Bonchev–Trinajstić information content (AvgIpc) is 2.99. The van der Waals surface area contributed by atoms with E-state index < -0.39 is 0 Å². The molecule has 0 aromatic heterocycles. The van der Waals surface area contributed by atoms with Crippen LogP contribution in [0.4, 0.5) is 0 Å². The first kappa shape index (κ1) is 26.7. The van der Waals surface area contributed by atoms with Crippen molar-refractivity contribution in [1.82, 2.24) is 0 Å². The molecule has 0 saturated heterocycles. The molecule has 0 bridgehead atoms. The minimum absolute atomic E-state index is 0. The summed E-state index contributed by atoms with van der Waals surface area (Å²) in [4.78, 5) is 0. The molecule has 0 radical (unpaired) electrons. The first-order valence-corrected chi connectivity index (χ1v) is 11.5. The molecule has 3 rings (SSSR count). The van der Waals surface area contributed by atoms with Crippen molar-refractivity contribution in [2.75, 3.05) is 0 Å². The predicted octanol–water partition coefficient (Wildman–Crippen LogP) is 2.91. The van der Waals surface area contributed by atoms with E-state index in [9.17, 15) is 0 Å². The molecule has 1 aliphatic carbocycles. The number of hydrogen-bond donors (Lipinski definition) is 0. The summed E-state index contributed by atoms with van der Waals surface area (Å²) >= 11 is 0. The molecule has 0 atom stereocenters. The van der Waals surface area contributed by atoms with E-state index >= 15 is 0 Å². The van der Waals surface area contributed by atoms with E-state index in [4.69, 9.17) is 0 Å². The Kier molecular flexibility index (Phi) is 12.7. The fraction of sp³-hybridized carbons (Fsp3) is 0.556. The van der Waals surface area contributed by atoms with Gasteiger partial charge in [-0.25, -0.2) is 0 Å². The summed E-state index contributed by atoms with van der Waals surface area (Å²) in [7, 11) is 0. The molecule has 0 amide bonds.